The van der Waals surface area contributed by atoms with Gasteiger partial charge in [0, 0.05) is 30.2 Å². The standard InChI is InChI=1S/C16H23ClN4.C2H2O4/c1-3-21(4-2)10-9-18-11-14-12-19-20-16(14)13-5-7-15(17)8-6-13;3-1(4)2(5)6/h5-8,12,18H,3-4,9-11H2,1-2H3,(H,19,20);(H,3,4)(H,5,6). The number of likely N-dealkylation sites (N-methyl/N-ethyl adjacent to an activating group) is 1. The number of hydrogen-bond acceptors (Lipinski definition) is 5. The summed E-state index contributed by atoms with van der Waals surface area (Å²) in [4.78, 5) is 20.6. The SMILES string of the molecule is CCN(CC)CCNCc1cn[nH]c1-c1ccc(Cl)cc1.O=C(O)C(=O)O. The van der Waals surface area contributed by atoms with E-state index >= 15 is 0 Å². The van der Waals surface area contributed by atoms with Crippen LogP contribution in [0.25, 0.3) is 11.3 Å². The van der Waals surface area contributed by atoms with Gasteiger partial charge in [0.1, 0.15) is 0 Å². The average molecular weight is 397 g/mol. The van der Waals surface area contributed by atoms with Crippen LogP contribution in [0.3, 0.4) is 0 Å². The Morgan fingerprint density at radius 3 is 2.26 bits per heavy atom. The summed E-state index contributed by atoms with van der Waals surface area (Å²) in [6, 6.07) is 7.81. The summed E-state index contributed by atoms with van der Waals surface area (Å²) in [5.74, 6) is -3.65. The van der Waals surface area contributed by atoms with Crippen molar-refractivity contribution >= 4 is 23.5 Å². The van der Waals surface area contributed by atoms with Crippen LogP contribution in [-0.4, -0.2) is 63.4 Å². The van der Waals surface area contributed by atoms with E-state index in [9.17, 15) is 0 Å². The molecule has 1 aromatic carbocycles. The Kier molecular flexibility index (Phi) is 10.1. The van der Waals surface area contributed by atoms with Gasteiger partial charge in [-0.3, -0.25) is 5.10 Å². The second-order valence-corrected chi connectivity index (χ2v) is 6.03. The molecule has 2 aromatic rings. The van der Waals surface area contributed by atoms with Gasteiger partial charge in [-0.1, -0.05) is 37.6 Å². The van der Waals surface area contributed by atoms with Gasteiger partial charge in [0.15, 0.2) is 0 Å². The van der Waals surface area contributed by atoms with Gasteiger partial charge in [0.05, 0.1) is 11.9 Å². The van der Waals surface area contributed by atoms with E-state index in [0.29, 0.717) is 0 Å². The van der Waals surface area contributed by atoms with Crippen molar-refractivity contribution in [2.24, 2.45) is 0 Å². The van der Waals surface area contributed by atoms with E-state index in [2.05, 4.69) is 34.3 Å². The summed E-state index contributed by atoms with van der Waals surface area (Å²) in [7, 11) is 0. The first kappa shape index (κ1) is 22.6. The number of carboxylic acids is 2. The predicted molar refractivity (Wildman–Crippen MR) is 104 cm³/mol. The molecule has 0 aliphatic rings. The number of halogens is 1. The lowest BCUT2D eigenvalue weighted by atomic mass is 10.1. The number of nitrogens with one attached hydrogen (secondary N) is 2. The van der Waals surface area contributed by atoms with Gasteiger partial charge in [-0.25, -0.2) is 9.59 Å². The quantitative estimate of drug-likeness (QED) is 0.399. The van der Waals surface area contributed by atoms with E-state index in [1.807, 2.05) is 30.5 Å². The first-order chi connectivity index (χ1) is 12.9. The highest BCUT2D eigenvalue weighted by Crippen LogP contribution is 2.22. The van der Waals surface area contributed by atoms with Crippen LogP contribution in [0.5, 0.6) is 0 Å². The van der Waals surface area contributed by atoms with Crippen LogP contribution in [0.15, 0.2) is 30.5 Å². The number of benzene rings is 1. The molecular weight excluding hydrogens is 372 g/mol. The Balaban J connectivity index is 0.000000527. The number of aromatic nitrogens is 2. The number of aromatic amines is 1. The lowest BCUT2D eigenvalue weighted by Gasteiger charge is -2.17. The Labute approximate surface area is 163 Å². The zero-order chi connectivity index (χ0) is 20.2. The number of carboxylic acid groups (broad SMARTS) is 2. The number of H-pyrrole nitrogens is 1. The molecule has 0 fully saturated rings. The van der Waals surface area contributed by atoms with E-state index in [1.165, 1.54) is 5.56 Å². The fraction of sp³-hybridized carbons (Fsp3) is 0.389. The van der Waals surface area contributed by atoms with Crippen LogP contribution >= 0.6 is 11.6 Å². The van der Waals surface area contributed by atoms with E-state index in [0.717, 1.165) is 49.0 Å². The summed E-state index contributed by atoms with van der Waals surface area (Å²) >= 11 is 5.93. The fourth-order valence-corrected chi connectivity index (χ4v) is 2.44. The zero-order valence-corrected chi connectivity index (χ0v) is 16.2. The summed E-state index contributed by atoms with van der Waals surface area (Å²) in [6.45, 7) is 9.44. The van der Waals surface area contributed by atoms with Gasteiger partial charge in [-0.2, -0.15) is 5.10 Å². The molecule has 148 valence electrons. The highest BCUT2D eigenvalue weighted by atomic mass is 35.5. The normalized spacial score (nSPS) is 10.4. The molecule has 1 aromatic heterocycles. The second kappa shape index (κ2) is 12.1. The van der Waals surface area contributed by atoms with Crippen molar-refractivity contribution in [3.63, 3.8) is 0 Å². The predicted octanol–water partition coefficient (Wildman–Crippen LogP) is 2.32. The summed E-state index contributed by atoms with van der Waals surface area (Å²) in [6.07, 6.45) is 1.88. The van der Waals surface area contributed by atoms with Crippen molar-refractivity contribution in [2.45, 2.75) is 20.4 Å². The molecule has 9 heteroatoms. The molecule has 0 aliphatic heterocycles. The maximum Gasteiger partial charge on any atom is 0.414 e. The van der Waals surface area contributed by atoms with Gasteiger partial charge in [0.25, 0.3) is 0 Å². The third-order valence-electron chi connectivity index (χ3n) is 3.85. The summed E-state index contributed by atoms with van der Waals surface area (Å²) in [5.41, 5.74) is 3.34. The van der Waals surface area contributed by atoms with Gasteiger partial charge in [0.2, 0.25) is 0 Å². The lowest BCUT2D eigenvalue weighted by molar-refractivity contribution is -0.159. The Morgan fingerprint density at radius 1 is 1.15 bits per heavy atom. The van der Waals surface area contributed by atoms with Crippen LogP contribution in [-0.2, 0) is 16.1 Å². The van der Waals surface area contributed by atoms with Crippen LogP contribution in [0.2, 0.25) is 5.02 Å². The Bertz CT molecular complexity index is 702. The largest absolute Gasteiger partial charge is 0.473 e. The third kappa shape index (κ3) is 8.21. The van der Waals surface area contributed by atoms with E-state index in [-0.39, 0.29) is 0 Å². The van der Waals surface area contributed by atoms with Crippen molar-refractivity contribution in [3.8, 4) is 11.3 Å². The monoisotopic (exact) mass is 396 g/mol. The highest BCUT2D eigenvalue weighted by molar-refractivity contribution is 6.30. The van der Waals surface area contributed by atoms with Gasteiger partial charge in [-0.15, -0.1) is 0 Å². The van der Waals surface area contributed by atoms with Crippen molar-refractivity contribution in [2.75, 3.05) is 26.2 Å². The smallest absolute Gasteiger partial charge is 0.414 e. The molecule has 27 heavy (non-hydrogen) atoms. The van der Waals surface area contributed by atoms with Gasteiger partial charge >= 0.3 is 11.9 Å². The average Bonchev–Trinajstić information content (AvgIpc) is 3.11. The number of nitrogens with zero attached hydrogens (tertiary/aromatic N) is 2. The molecule has 0 unspecified atom stereocenters. The molecule has 0 bridgehead atoms. The zero-order valence-electron chi connectivity index (χ0n) is 15.4. The third-order valence-corrected chi connectivity index (χ3v) is 4.10. The molecule has 8 nitrogen and oxygen atoms in total. The van der Waals surface area contributed by atoms with Crippen molar-refractivity contribution in [3.05, 3.63) is 41.0 Å². The minimum absolute atomic E-state index is 0.747. The molecule has 0 amide bonds. The fourth-order valence-electron chi connectivity index (χ4n) is 2.31. The number of hydrogen-bond donors (Lipinski definition) is 4. The van der Waals surface area contributed by atoms with Gasteiger partial charge < -0.3 is 20.4 Å². The molecule has 0 atom stereocenters. The topological polar surface area (TPSA) is 119 Å². The summed E-state index contributed by atoms with van der Waals surface area (Å²) < 4.78 is 0. The molecule has 0 spiro atoms. The minimum atomic E-state index is -1.82. The van der Waals surface area contributed by atoms with Crippen molar-refractivity contribution in [1.29, 1.82) is 0 Å². The first-order valence-corrected chi connectivity index (χ1v) is 8.94. The Hall–Kier alpha value is -2.42. The molecule has 0 radical (unpaired) electrons. The molecule has 0 aliphatic carbocycles. The number of rotatable bonds is 8. The van der Waals surface area contributed by atoms with Crippen LogP contribution in [0.1, 0.15) is 19.4 Å². The molecule has 4 N–H and O–H groups in total. The van der Waals surface area contributed by atoms with Crippen LogP contribution in [0, 0.1) is 0 Å². The summed E-state index contributed by atoms with van der Waals surface area (Å²) in [5, 5.41) is 26.2. The molecular formula is C18H25ClN4O4. The Morgan fingerprint density at radius 2 is 1.74 bits per heavy atom. The van der Waals surface area contributed by atoms with Crippen LogP contribution < -0.4 is 5.32 Å². The minimum Gasteiger partial charge on any atom is -0.473 e. The molecule has 0 saturated heterocycles. The maximum atomic E-state index is 9.10. The van der Waals surface area contributed by atoms with E-state index in [1.54, 1.807) is 0 Å². The molecule has 2 rings (SSSR count). The number of carbonyl (C=O) groups is 2. The van der Waals surface area contributed by atoms with Gasteiger partial charge in [-0.05, 0) is 30.8 Å². The van der Waals surface area contributed by atoms with E-state index < -0.39 is 11.9 Å². The maximum absolute atomic E-state index is 9.10. The van der Waals surface area contributed by atoms with E-state index in [4.69, 9.17) is 31.4 Å². The number of aliphatic carboxylic acids is 2. The molecule has 0 saturated carbocycles. The lowest BCUT2D eigenvalue weighted by Crippen LogP contribution is -2.31. The first-order valence-electron chi connectivity index (χ1n) is 8.56. The second-order valence-electron chi connectivity index (χ2n) is 5.59. The van der Waals surface area contributed by atoms with Crippen molar-refractivity contribution < 1.29 is 19.8 Å². The molecule has 1 heterocycles. The van der Waals surface area contributed by atoms with Crippen molar-refractivity contribution in [1.82, 2.24) is 20.4 Å². The highest BCUT2D eigenvalue weighted by Gasteiger charge is 2.07. The van der Waals surface area contributed by atoms with Crippen LogP contribution in [0.4, 0.5) is 0 Å².